The van der Waals surface area contributed by atoms with Gasteiger partial charge in [-0.1, -0.05) is 17.3 Å². The van der Waals surface area contributed by atoms with Crippen molar-refractivity contribution in [1.29, 1.82) is 0 Å². The molecule has 12 aromatic rings. The number of hydrogen-bond donors (Lipinski definition) is 8. The van der Waals surface area contributed by atoms with Crippen LogP contribution in [-0.2, 0) is 33.2 Å². The molecule has 12 rings (SSSR count). The summed E-state index contributed by atoms with van der Waals surface area (Å²) in [5, 5.41) is 17.9. The Bertz CT molecular complexity index is 4350. The van der Waals surface area contributed by atoms with Crippen LogP contribution in [0.5, 0.6) is 0 Å². The molecule has 12 N–H and O–H groups in total. The number of anilines is 4. The maximum Gasteiger partial charge on any atom is 0.282 e. The third kappa shape index (κ3) is 14.1. The molecule has 0 aliphatic carbocycles. The highest BCUT2D eigenvalue weighted by atomic mass is 16.1. The van der Waals surface area contributed by atoms with Gasteiger partial charge in [0.1, 0.15) is 23.2 Å². The predicted molar refractivity (Wildman–Crippen MR) is 335 cm³/mol. The smallest absolute Gasteiger partial charge is 0.282 e. The number of nitrogens with one attached hydrogen (secondary N) is 4. The standard InChI is InChI=1S/C11H14N2.C10H14N4O.C9H13N5O.C9H13N5.C9H12N4O.C8H12N6O/c1-11(2,3)13-8-12-9-6-4-5-7-10(9)13;1-10(2,3)14-5-4-6-7(14)12-9(11)13-8(6)15;1-9(2,3)14-6-5(4-11-14)7(15)13-8(10)12-6;1-9(2,3)14-8-6(4-13-14)7(10)11-5-12-8;1-9(2,3)13-5-12-6-7(13)10-4-11-8(6)14;1-8(2,3)14-5-4(12-13-14)6(15)11-7(9)10-5/h4-8H,1-3H3;4-5H,1-3H3,(H3,11,12,13,15);4H,1-3H3,(H3,10,12,13,15);4-5H,1-3H3,(H2,10,11,12);4-5H,1-3H3,(H,10,11,14);1-3H3,(H3,9,10,11,15). The molecule has 456 valence electrons. The van der Waals surface area contributed by atoms with E-state index in [0.29, 0.717) is 44.7 Å². The normalized spacial score (nSPS) is 12.2. The zero-order chi connectivity index (χ0) is 63.8. The van der Waals surface area contributed by atoms with Gasteiger partial charge < -0.3 is 41.6 Å². The van der Waals surface area contributed by atoms with E-state index < -0.39 is 0 Å². The summed E-state index contributed by atoms with van der Waals surface area (Å²) >= 11 is 0. The summed E-state index contributed by atoms with van der Waals surface area (Å²) in [4.78, 5) is 88.5. The van der Waals surface area contributed by atoms with Crippen LogP contribution >= 0.6 is 0 Å². The lowest BCUT2D eigenvalue weighted by atomic mass is 10.1. The van der Waals surface area contributed by atoms with Gasteiger partial charge >= 0.3 is 0 Å². The second-order valence-electron chi connectivity index (χ2n) is 25.9. The van der Waals surface area contributed by atoms with Gasteiger partial charge in [0.15, 0.2) is 33.6 Å². The Morgan fingerprint density at radius 3 is 1.52 bits per heavy atom. The zero-order valence-electron chi connectivity index (χ0n) is 51.9. The zero-order valence-corrected chi connectivity index (χ0v) is 51.9. The first-order valence-corrected chi connectivity index (χ1v) is 27.3. The highest BCUT2D eigenvalue weighted by Crippen LogP contribution is 2.25. The Labute approximate surface area is 493 Å². The molecule has 1 aromatic carbocycles. The SMILES string of the molecule is CC(C)(C)n1ccc2c(=O)[nH]c(N)nc21.CC(C)(C)n1cnc2c(=O)[nH]cnc21.CC(C)(C)n1cnc2ccccc21.CC(C)(C)n1ncc2c(=O)[nH]c(N)nc21.CC(C)(C)n1ncc2c(N)ncnc21.CC(C)(C)n1nnc2c(=O)[nH]c(N)nc21. The first-order valence-electron chi connectivity index (χ1n) is 27.3. The molecule has 30 heteroatoms. The lowest BCUT2D eigenvalue weighted by Gasteiger charge is -2.21. The molecule has 11 aromatic heterocycles. The Hall–Kier alpha value is -10.2. The van der Waals surface area contributed by atoms with Crippen molar-refractivity contribution in [3.63, 3.8) is 0 Å². The van der Waals surface area contributed by atoms with Crippen molar-refractivity contribution in [3.8, 4) is 0 Å². The number of para-hydroxylation sites is 2. The van der Waals surface area contributed by atoms with Gasteiger partial charge in [-0.2, -0.15) is 25.1 Å². The van der Waals surface area contributed by atoms with Crippen LogP contribution in [0, 0.1) is 0 Å². The third-order valence-electron chi connectivity index (χ3n) is 12.6. The number of hydrogen-bond acceptors (Lipinski definition) is 20. The van der Waals surface area contributed by atoms with Gasteiger partial charge in [-0.3, -0.25) is 34.1 Å². The van der Waals surface area contributed by atoms with Gasteiger partial charge in [0.25, 0.3) is 22.2 Å². The third-order valence-corrected chi connectivity index (χ3v) is 12.6. The Morgan fingerprint density at radius 2 is 0.942 bits per heavy atom. The van der Waals surface area contributed by atoms with Crippen LogP contribution in [0.15, 0.2) is 93.4 Å². The van der Waals surface area contributed by atoms with E-state index in [1.54, 1.807) is 28.0 Å². The van der Waals surface area contributed by atoms with Crippen LogP contribution in [0.4, 0.5) is 23.7 Å². The fourth-order valence-corrected chi connectivity index (χ4v) is 8.49. The van der Waals surface area contributed by atoms with E-state index in [9.17, 15) is 19.2 Å². The molecule has 0 spiro atoms. The van der Waals surface area contributed by atoms with Crippen molar-refractivity contribution in [2.45, 2.75) is 158 Å². The summed E-state index contributed by atoms with van der Waals surface area (Å²) < 4.78 is 11.1. The van der Waals surface area contributed by atoms with E-state index >= 15 is 0 Å². The van der Waals surface area contributed by atoms with Gasteiger partial charge in [0.05, 0.1) is 69.8 Å². The predicted octanol–water partition coefficient (Wildman–Crippen LogP) is 6.20. The Morgan fingerprint density at radius 1 is 0.430 bits per heavy atom. The maximum absolute atomic E-state index is 11.6. The highest BCUT2D eigenvalue weighted by molar-refractivity contribution is 5.85. The van der Waals surface area contributed by atoms with Crippen molar-refractivity contribution in [1.82, 2.24) is 108 Å². The Kier molecular flexibility index (Phi) is 17.3. The molecule has 0 aliphatic heterocycles. The van der Waals surface area contributed by atoms with Crippen LogP contribution in [-0.4, -0.2) is 108 Å². The molecular formula is C56H78N26O4. The number of H-pyrrole nitrogens is 4. The molecule has 0 fully saturated rings. The van der Waals surface area contributed by atoms with Gasteiger partial charge in [0.2, 0.25) is 17.8 Å². The molecule has 0 saturated carbocycles. The van der Waals surface area contributed by atoms with Gasteiger partial charge in [-0.05, 0) is 143 Å². The first kappa shape index (κ1) is 63.4. The first-order chi connectivity index (χ1) is 39.8. The summed E-state index contributed by atoms with van der Waals surface area (Å²) in [6.07, 6.45) is 11.5. The number of aromatic amines is 4. The summed E-state index contributed by atoms with van der Waals surface area (Å²) in [5.41, 5.74) is 26.3. The molecule has 0 radical (unpaired) electrons. The molecule has 0 bridgehead atoms. The number of benzene rings is 1. The lowest BCUT2D eigenvalue weighted by Crippen LogP contribution is -2.24. The molecule has 11 heterocycles. The summed E-state index contributed by atoms with van der Waals surface area (Å²) in [7, 11) is 0. The monoisotopic (exact) mass is 1180 g/mol. The van der Waals surface area contributed by atoms with E-state index in [1.807, 2.05) is 128 Å². The van der Waals surface area contributed by atoms with Crippen LogP contribution in [0.25, 0.3) is 66.5 Å². The van der Waals surface area contributed by atoms with Crippen molar-refractivity contribution in [2.75, 3.05) is 22.9 Å². The summed E-state index contributed by atoms with van der Waals surface area (Å²) in [5.74, 6) is 0.806. The van der Waals surface area contributed by atoms with Crippen molar-refractivity contribution in [2.24, 2.45) is 0 Å². The number of nitrogens with zero attached hydrogens (tertiary/aromatic N) is 18. The second kappa shape index (κ2) is 23.5. The summed E-state index contributed by atoms with van der Waals surface area (Å²) in [6, 6.07) is 9.96. The quantitative estimate of drug-likeness (QED) is 0.0837. The van der Waals surface area contributed by atoms with Gasteiger partial charge in [0, 0.05) is 22.8 Å². The molecule has 86 heavy (non-hydrogen) atoms. The average Bonchev–Trinajstić information content (AvgIpc) is 3.65. The van der Waals surface area contributed by atoms with Crippen LogP contribution < -0.4 is 45.2 Å². The highest BCUT2D eigenvalue weighted by Gasteiger charge is 2.24. The average molecular weight is 1180 g/mol. The van der Waals surface area contributed by atoms with E-state index in [0.717, 1.165) is 16.6 Å². The van der Waals surface area contributed by atoms with E-state index in [-0.39, 0.29) is 78.8 Å². The number of nitrogen functional groups attached to an aromatic ring is 4. The lowest BCUT2D eigenvalue weighted by molar-refractivity contribution is 0.356. The van der Waals surface area contributed by atoms with Crippen molar-refractivity contribution in [3.05, 3.63) is 116 Å². The minimum absolute atomic E-state index is 0.0697. The molecule has 0 amide bonds. The molecule has 0 aliphatic rings. The van der Waals surface area contributed by atoms with Crippen molar-refractivity contribution < 1.29 is 0 Å². The minimum atomic E-state index is -0.368. The van der Waals surface area contributed by atoms with Crippen LogP contribution in [0.1, 0.15) is 125 Å². The van der Waals surface area contributed by atoms with Gasteiger partial charge in [-0.25, -0.2) is 39.0 Å². The van der Waals surface area contributed by atoms with E-state index in [2.05, 4.69) is 132 Å². The maximum atomic E-state index is 11.6. The molecule has 30 nitrogen and oxygen atoms in total. The molecule has 0 saturated heterocycles. The van der Waals surface area contributed by atoms with Crippen LogP contribution in [0.3, 0.4) is 0 Å². The molecule has 0 unspecified atom stereocenters. The largest absolute Gasteiger partial charge is 0.383 e. The topological polar surface area (TPSA) is 420 Å². The van der Waals surface area contributed by atoms with Gasteiger partial charge in [-0.15, -0.1) is 5.10 Å². The second-order valence-corrected chi connectivity index (χ2v) is 25.9. The van der Waals surface area contributed by atoms with Crippen molar-refractivity contribution >= 4 is 90.1 Å². The number of aromatic nitrogens is 22. The van der Waals surface area contributed by atoms with E-state index in [1.165, 1.54) is 24.4 Å². The fraction of sp³-hybridized carbons (Fsp3) is 0.429. The van der Waals surface area contributed by atoms with E-state index in [4.69, 9.17) is 22.9 Å². The number of fused-ring (bicyclic) bond motifs is 6. The summed E-state index contributed by atoms with van der Waals surface area (Å²) in [6.45, 7) is 36.8. The minimum Gasteiger partial charge on any atom is -0.383 e. The Balaban J connectivity index is 0.000000148. The number of imidazole rings is 2. The molecular weight excluding hydrogens is 1100 g/mol. The number of rotatable bonds is 0. The fourth-order valence-electron chi connectivity index (χ4n) is 8.49. The van der Waals surface area contributed by atoms with Crippen LogP contribution in [0.2, 0.25) is 0 Å². The molecule has 0 atom stereocenters. The number of nitrogens with two attached hydrogens (primary N) is 4.